The van der Waals surface area contributed by atoms with Crippen LogP contribution in [0.5, 0.6) is 0 Å². The van der Waals surface area contributed by atoms with Gasteiger partial charge < -0.3 is 19.5 Å². The average molecular weight is 436 g/mol. The number of anilines is 1. The Morgan fingerprint density at radius 3 is 2.66 bits per heavy atom. The lowest BCUT2D eigenvalue weighted by Gasteiger charge is -2.20. The molecule has 2 heterocycles. The van der Waals surface area contributed by atoms with E-state index in [0.717, 1.165) is 18.4 Å². The van der Waals surface area contributed by atoms with Crippen molar-refractivity contribution in [1.82, 2.24) is 10.3 Å². The molecule has 2 N–H and O–H groups in total. The van der Waals surface area contributed by atoms with E-state index in [9.17, 15) is 9.59 Å². The zero-order valence-electron chi connectivity index (χ0n) is 18.6. The molecule has 2 amide bonds. The van der Waals surface area contributed by atoms with Crippen LogP contribution >= 0.6 is 0 Å². The van der Waals surface area contributed by atoms with Gasteiger partial charge in [0.15, 0.2) is 0 Å². The van der Waals surface area contributed by atoms with Gasteiger partial charge in [0.2, 0.25) is 11.8 Å². The summed E-state index contributed by atoms with van der Waals surface area (Å²) < 4.78 is 11.0. The van der Waals surface area contributed by atoms with E-state index in [1.54, 1.807) is 19.1 Å². The summed E-state index contributed by atoms with van der Waals surface area (Å²) in [6, 6.07) is 8.96. The molecule has 1 aliphatic carbocycles. The number of hydrogen-bond acceptors (Lipinski definition) is 5. The highest BCUT2D eigenvalue weighted by atomic mass is 16.4. The van der Waals surface area contributed by atoms with Gasteiger partial charge in [-0.25, -0.2) is 4.98 Å². The SMILES string of the molecule is Cc1occc1C(=O)Nc1cccc(-c2nc(CNC(=O)CC3CCCCC3)c(C)o2)c1. The number of benzene rings is 1. The fourth-order valence-corrected chi connectivity index (χ4v) is 4.17. The van der Waals surface area contributed by atoms with Crippen LogP contribution in [0, 0.1) is 19.8 Å². The standard InChI is InChI=1S/C25H29N3O4/c1-16-21(11-12-31-16)24(30)27-20-10-6-9-19(14-20)25-28-22(17(2)32-25)15-26-23(29)13-18-7-4-3-5-8-18/h6,9-12,14,18H,3-5,7-8,13,15H2,1-2H3,(H,26,29)(H,27,30). The van der Waals surface area contributed by atoms with Gasteiger partial charge >= 0.3 is 0 Å². The van der Waals surface area contributed by atoms with Crippen molar-refractivity contribution in [2.24, 2.45) is 5.92 Å². The summed E-state index contributed by atoms with van der Waals surface area (Å²) in [5.41, 5.74) is 2.58. The van der Waals surface area contributed by atoms with Crippen molar-refractivity contribution in [3.05, 3.63) is 59.4 Å². The molecule has 0 aliphatic heterocycles. The molecule has 1 aromatic carbocycles. The number of aryl methyl sites for hydroxylation is 2. The zero-order chi connectivity index (χ0) is 22.5. The minimum atomic E-state index is -0.238. The summed E-state index contributed by atoms with van der Waals surface area (Å²) in [6.45, 7) is 3.93. The number of aromatic nitrogens is 1. The van der Waals surface area contributed by atoms with Gasteiger partial charge in [-0.15, -0.1) is 0 Å². The highest BCUT2D eigenvalue weighted by Gasteiger charge is 2.18. The molecule has 0 spiro atoms. The average Bonchev–Trinajstić information content (AvgIpc) is 3.38. The fourth-order valence-electron chi connectivity index (χ4n) is 4.17. The minimum absolute atomic E-state index is 0.0695. The topological polar surface area (TPSA) is 97.4 Å². The number of furan rings is 1. The summed E-state index contributed by atoms with van der Waals surface area (Å²) in [6.07, 6.45) is 8.11. The number of oxazole rings is 1. The minimum Gasteiger partial charge on any atom is -0.469 e. The number of nitrogens with zero attached hydrogens (tertiary/aromatic N) is 1. The number of amides is 2. The monoisotopic (exact) mass is 435 g/mol. The second-order valence-corrected chi connectivity index (χ2v) is 8.43. The maximum absolute atomic E-state index is 12.4. The third-order valence-corrected chi connectivity index (χ3v) is 6.02. The Bertz CT molecular complexity index is 1090. The van der Waals surface area contributed by atoms with Gasteiger partial charge in [-0.05, 0) is 56.9 Å². The molecule has 7 nitrogen and oxygen atoms in total. The van der Waals surface area contributed by atoms with Crippen molar-refractivity contribution in [1.29, 1.82) is 0 Å². The van der Waals surface area contributed by atoms with Gasteiger partial charge in [-0.1, -0.05) is 25.3 Å². The van der Waals surface area contributed by atoms with Crippen molar-refractivity contribution >= 4 is 17.5 Å². The lowest BCUT2D eigenvalue weighted by Crippen LogP contribution is -2.26. The van der Waals surface area contributed by atoms with Crippen molar-refractivity contribution in [2.45, 2.75) is 58.9 Å². The molecule has 1 aliphatic rings. The summed E-state index contributed by atoms with van der Waals surface area (Å²) in [5, 5.41) is 5.85. The van der Waals surface area contributed by atoms with Gasteiger partial charge in [0.05, 0.1) is 18.4 Å². The van der Waals surface area contributed by atoms with Crippen LogP contribution in [0.1, 0.15) is 66.1 Å². The molecule has 0 bridgehead atoms. The Kier molecular flexibility index (Phi) is 6.73. The zero-order valence-corrected chi connectivity index (χ0v) is 18.6. The first-order chi connectivity index (χ1) is 15.5. The highest BCUT2D eigenvalue weighted by Crippen LogP contribution is 2.27. The van der Waals surface area contributed by atoms with Crippen molar-refractivity contribution < 1.29 is 18.4 Å². The Hall–Kier alpha value is -3.35. The first kappa shape index (κ1) is 21.9. The number of carbonyl (C=O) groups excluding carboxylic acids is 2. The molecular weight excluding hydrogens is 406 g/mol. The summed E-state index contributed by atoms with van der Waals surface area (Å²) >= 11 is 0. The summed E-state index contributed by atoms with van der Waals surface area (Å²) in [7, 11) is 0. The van der Waals surface area contributed by atoms with Gasteiger partial charge in [0.1, 0.15) is 17.2 Å². The second-order valence-electron chi connectivity index (χ2n) is 8.43. The third-order valence-electron chi connectivity index (χ3n) is 6.02. The van der Waals surface area contributed by atoms with E-state index in [2.05, 4.69) is 15.6 Å². The third kappa shape index (κ3) is 5.28. The molecule has 32 heavy (non-hydrogen) atoms. The van der Waals surface area contributed by atoms with Gasteiger partial charge in [-0.2, -0.15) is 0 Å². The van der Waals surface area contributed by atoms with Crippen LogP contribution in [-0.4, -0.2) is 16.8 Å². The van der Waals surface area contributed by atoms with Crippen LogP contribution in [0.3, 0.4) is 0 Å². The molecule has 0 unspecified atom stereocenters. The fraction of sp³-hybridized carbons (Fsp3) is 0.400. The molecule has 4 rings (SSSR count). The normalized spacial score (nSPS) is 14.3. The van der Waals surface area contributed by atoms with E-state index in [-0.39, 0.29) is 11.8 Å². The largest absolute Gasteiger partial charge is 0.469 e. The second kappa shape index (κ2) is 9.85. The molecule has 168 valence electrons. The van der Waals surface area contributed by atoms with E-state index in [1.807, 2.05) is 25.1 Å². The molecule has 1 fully saturated rings. The molecule has 0 radical (unpaired) electrons. The van der Waals surface area contributed by atoms with E-state index in [0.29, 0.717) is 53.2 Å². The number of hydrogen-bond donors (Lipinski definition) is 2. The lowest BCUT2D eigenvalue weighted by molar-refractivity contribution is -0.122. The van der Waals surface area contributed by atoms with Crippen LogP contribution in [-0.2, 0) is 11.3 Å². The first-order valence-electron chi connectivity index (χ1n) is 11.2. The summed E-state index contributed by atoms with van der Waals surface area (Å²) in [4.78, 5) is 29.3. The Balaban J connectivity index is 1.38. The predicted molar refractivity (Wildman–Crippen MR) is 121 cm³/mol. The molecule has 7 heteroatoms. The smallest absolute Gasteiger partial charge is 0.259 e. The summed E-state index contributed by atoms with van der Waals surface area (Å²) in [5.74, 6) is 2.02. The quantitative estimate of drug-likeness (QED) is 0.518. The molecule has 1 saturated carbocycles. The molecule has 2 aromatic heterocycles. The van der Waals surface area contributed by atoms with Gasteiger partial charge in [0.25, 0.3) is 5.91 Å². The molecule has 3 aromatic rings. The van der Waals surface area contributed by atoms with Crippen LogP contribution in [0.2, 0.25) is 0 Å². The van der Waals surface area contributed by atoms with Crippen molar-refractivity contribution in [2.75, 3.05) is 5.32 Å². The number of nitrogens with one attached hydrogen (secondary N) is 2. The van der Waals surface area contributed by atoms with E-state index >= 15 is 0 Å². The molecule has 0 atom stereocenters. The highest BCUT2D eigenvalue weighted by molar-refractivity contribution is 6.05. The first-order valence-corrected chi connectivity index (χ1v) is 11.2. The van der Waals surface area contributed by atoms with Gasteiger partial charge in [0, 0.05) is 17.7 Å². The van der Waals surface area contributed by atoms with Crippen LogP contribution < -0.4 is 10.6 Å². The van der Waals surface area contributed by atoms with E-state index < -0.39 is 0 Å². The molecular formula is C25H29N3O4. The van der Waals surface area contributed by atoms with Crippen molar-refractivity contribution in [3.8, 4) is 11.5 Å². The molecule has 0 saturated heterocycles. The maximum Gasteiger partial charge on any atom is 0.259 e. The Morgan fingerprint density at radius 2 is 1.91 bits per heavy atom. The van der Waals surface area contributed by atoms with E-state index in [1.165, 1.54) is 25.5 Å². The van der Waals surface area contributed by atoms with Crippen LogP contribution in [0.15, 0.2) is 45.4 Å². The van der Waals surface area contributed by atoms with Crippen LogP contribution in [0.4, 0.5) is 5.69 Å². The Labute approximate surface area is 187 Å². The van der Waals surface area contributed by atoms with E-state index in [4.69, 9.17) is 8.83 Å². The van der Waals surface area contributed by atoms with Gasteiger partial charge in [-0.3, -0.25) is 9.59 Å². The maximum atomic E-state index is 12.4. The van der Waals surface area contributed by atoms with Crippen molar-refractivity contribution in [3.63, 3.8) is 0 Å². The van der Waals surface area contributed by atoms with Crippen LogP contribution in [0.25, 0.3) is 11.5 Å². The Morgan fingerprint density at radius 1 is 1.09 bits per heavy atom. The number of rotatable bonds is 7. The lowest BCUT2D eigenvalue weighted by atomic mass is 9.87. The predicted octanol–water partition coefficient (Wildman–Crippen LogP) is 5.39. The number of carbonyl (C=O) groups is 2.